The molecule has 0 aliphatic rings. The fraction of sp³-hybridized carbons (Fsp3) is 0.852. The molecule has 0 aromatic rings. The summed E-state index contributed by atoms with van der Waals surface area (Å²) < 4.78 is 16.9. The molecule has 6 nitrogen and oxygen atoms in total. The molecule has 0 aromatic heterocycles. The van der Waals surface area contributed by atoms with Gasteiger partial charge in [0.2, 0.25) is 0 Å². The van der Waals surface area contributed by atoms with Crippen LogP contribution in [0, 0.1) is 0 Å². The number of hydrogen-bond donors (Lipinski definition) is 0. The Kier molecular flexibility index (Phi) is 54.2. The molecule has 0 aromatic carbocycles. The summed E-state index contributed by atoms with van der Waals surface area (Å²) in [6.45, 7) is 6.64. The van der Waals surface area contributed by atoms with Crippen LogP contribution < -0.4 is 0 Å². The molecule has 0 saturated heterocycles. The Morgan fingerprint density at radius 2 is 0.493 bits per heavy atom. The van der Waals surface area contributed by atoms with Gasteiger partial charge in [-0.05, 0) is 96.3 Å². The molecule has 0 radical (unpaired) electrons. The van der Waals surface area contributed by atoms with Crippen LogP contribution in [0.25, 0.3) is 0 Å². The van der Waals surface area contributed by atoms with Gasteiger partial charge in [0, 0.05) is 19.3 Å². The van der Waals surface area contributed by atoms with Crippen molar-refractivity contribution < 1.29 is 28.6 Å². The van der Waals surface area contributed by atoms with Crippen molar-refractivity contribution >= 4 is 17.9 Å². The fourth-order valence-corrected chi connectivity index (χ4v) is 8.60. The van der Waals surface area contributed by atoms with Crippen LogP contribution in [0.4, 0.5) is 0 Å². The van der Waals surface area contributed by atoms with Crippen LogP contribution in [-0.2, 0) is 28.6 Å². The minimum atomic E-state index is -0.775. The molecular formula is C61H112O6. The lowest BCUT2D eigenvalue weighted by molar-refractivity contribution is -0.167. The Labute approximate surface area is 416 Å². The van der Waals surface area contributed by atoms with E-state index in [1.54, 1.807) is 0 Å². The van der Waals surface area contributed by atoms with Crippen molar-refractivity contribution in [2.75, 3.05) is 13.2 Å². The summed E-state index contributed by atoms with van der Waals surface area (Å²) in [6, 6.07) is 0. The van der Waals surface area contributed by atoms with E-state index >= 15 is 0 Å². The number of ether oxygens (including phenoxy) is 3. The van der Waals surface area contributed by atoms with Crippen molar-refractivity contribution in [2.45, 2.75) is 322 Å². The first kappa shape index (κ1) is 64.6. The molecule has 0 rings (SSSR count). The first-order valence-corrected chi connectivity index (χ1v) is 29.5. The zero-order chi connectivity index (χ0) is 48.6. The summed E-state index contributed by atoms with van der Waals surface area (Å²) >= 11 is 0. The third-order valence-electron chi connectivity index (χ3n) is 13.1. The van der Waals surface area contributed by atoms with E-state index in [0.29, 0.717) is 19.3 Å². The number of allylic oxidation sites excluding steroid dienone is 6. The largest absolute Gasteiger partial charge is 0.462 e. The van der Waals surface area contributed by atoms with Crippen molar-refractivity contribution in [1.29, 1.82) is 0 Å². The SMILES string of the molecule is CCCCCC/C=C/CCCCCCCCCC(=O)OC[C@H](COC(=O)CCCCCCCCCCC/C=C/CCCCCCCC)OC(=O)CCCCCCCCC/C=C/CCCCCC. The van der Waals surface area contributed by atoms with Crippen LogP contribution in [-0.4, -0.2) is 37.2 Å². The van der Waals surface area contributed by atoms with Gasteiger partial charge < -0.3 is 14.2 Å². The van der Waals surface area contributed by atoms with E-state index in [9.17, 15) is 14.4 Å². The lowest BCUT2D eigenvalue weighted by Gasteiger charge is -2.18. The number of unbranched alkanes of at least 4 members (excludes halogenated alkanes) is 37. The quantitative estimate of drug-likeness (QED) is 0.0262. The highest BCUT2D eigenvalue weighted by Gasteiger charge is 2.19. The van der Waals surface area contributed by atoms with Gasteiger partial charge in [-0.1, -0.05) is 237 Å². The van der Waals surface area contributed by atoms with Gasteiger partial charge in [0.1, 0.15) is 13.2 Å². The highest BCUT2D eigenvalue weighted by Crippen LogP contribution is 2.16. The van der Waals surface area contributed by atoms with Crippen molar-refractivity contribution in [3.05, 3.63) is 36.5 Å². The fourth-order valence-electron chi connectivity index (χ4n) is 8.60. The standard InChI is InChI=1S/C61H112O6/c1-4-7-10-13-16-19-22-25-28-29-30-31-34-36-39-42-45-48-51-54-60(63)66-57-58(67-61(64)55-52-49-46-43-40-37-33-27-24-21-18-15-12-9-6-3)56-65-59(62)53-50-47-44-41-38-35-32-26-23-20-17-14-11-8-5-2/h20-21,23-25,28,58H,4-19,22,26-27,29-57H2,1-3H3/b23-20+,24-21+,28-25+/t58-/m1/s1. The highest BCUT2D eigenvalue weighted by molar-refractivity contribution is 5.71. The van der Waals surface area contributed by atoms with E-state index in [-0.39, 0.29) is 31.1 Å². The molecule has 67 heavy (non-hydrogen) atoms. The molecule has 0 bridgehead atoms. The maximum Gasteiger partial charge on any atom is 0.306 e. The monoisotopic (exact) mass is 941 g/mol. The number of esters is 3. The number of carbonyl (C=O) groups excluding carboxylic acids is 3. The average molecular weight is 942 g/mol. The van der Waals surface area contributed by atoms with Gasteiger partial charge in [0.05, 0.1) is 0 Å². The van der Waals surface area contributed by atoms with Crippen LogP contribution in [0.15, 0.2) is 36.5 Å². The molecule has 0 heterocycles. The zero-order valence-electron chi connectivity index (χ0n) is 44.9. The first-order chi connectivity index (χ1) is 33.0. The Hall–Kier alpha value is -2.37. The average Bonchev–Trinajstić information content (AvgIpc) is 3.33. The lowest BCUT2D eigenvalue weighted by atomic mass is 10.1. The van der Waals surface area contributed by atoms with Crippen molar-refractivity contribution in [3.8, 4) is 0 Å². The molecule has 0 aliphatic heterocycles. The predicted molar refractivity (Wildman–Crippen MR) is 289 cm³/mol. The molecule has 0 fully saturated rings. The smallest absolute Gasteiger partial charge is 0.306 e. The third-order valence-corrected chi connectivity index (χ3v) is 13.1. The van der Waals surface area contributed by atoms with E-state index < -0.39 is 6.10 Å². The Morgan fingerprint density at radius 1 is 0.284 bits per heavy atom. The van der Waals surface area contributed by atoms with Gasteiger partial charge in [-0.2, -0.15) is 0 Å². The van der Waals surface area contributed by atoms with Gasteiger partial charge in [-0.3, -0.25) is 14.4 Å². The lowest BCUT2D eigenvalue weighted by Crippen LogP contribution is -2.30. The van der Waals surface area contributed by atoms with Gasteiger partial charge >= 0.3 is 17.9 Å². The van der Waals surface area contributed by atoms with Gasteiger partial charge in [0.25, 0.3) is 0 Å². The second kappa shape index (κ2) is 56.2. The van der Waals surface area contributed by atoms with Crippen molar-refractivity contribution in [3.63, 3.8) is 0 Å². The highest BCUT2D eigenvalue weighted by atomic mass is 16.6. The third kappa shape index (κ3) is 54.4. The molecule has 0 amide bonds. The normalized spacial score (nSPS) is 12.2. The molecule has 392 valence electrons. The molecule has 0 N–H and O–H groups in total. The van der Waals surface area contributed by atoms with Gasteiger partial charge in [-0.15, -0.1) is 0 Å². The summed E-state index contributed by atoms with van der Waals surface area (Å²) in [4.78, 5) is 38.2. The Bertz CT molecular complexity index is 1130. The molecule has 0 spiro atoms. The van der Waals surface area contributed by atoms with Crippen LogP contribution in [0.1, 0.15) is 316 Å². The van der Waals surface area contributed by atoms with Crippen LogP contribution in [0.3, 0.4) is 0 Å². The first-order valence-electron chi connectivity index (χ1n) is 29.5. The van der Waals surface area contributed by atoms with E-state index in [1.165, 1.54) is 218 Å². The Morgan fingerprint density at radius 3 is 0.761 bits per heavy atom. The summed E-state index contributed by atoms with van der Waals surface area (Å²) in [6.07, 6.45) is 67.0. The molecule has 0 aliphatic carbocycles. The topological polar surface area (TPSA) is 78.9 Å². The number of hydrogen-bond acceptors (Lipinski definition) is 6. The maximum atomic E-state index is 12.9. The summed E-state index contributed by atoms with van der Waals surface area (Å²) in [7, 11) is 0. The maximum absolute atomic E-state index is 12.9. The molecule has 6 heteroatoms. The molecular weight excluding hydrogens is 829 g/mol. The summed E-state index contributed by atoms with van der Waals surface area (Å²) in [5.41, 5.74) is 0. The minimum absolute atomic E-state index is 0.0738. The second-order valence-electron chi connectivity index (χ2n) is 19.9. The van der Waals surface area contributed by atoms with E-state index in [2.05, 4.69) is 57.2 Å². The number of carbonyl (C=O) groups is 3. The van der Waals surface area contributed by atoms with Crippen molar-refractivity contribution in [2.24, 2.45) is 0 Å². The van der Waals surface area contributed by atoms with Crippen LogP contribution in [0.5, 0.6) is 0 Å². The summed E-state index contributed by atoms with van der Waals surface area (Å²) in [5, 5.41) is 0. The van der Waals surface area contributed by atoms with E-state index in [1.807, 2.05) is 0 Å². The summed E-state index contributed by atoms with van der Waals surface area (Å²) in [5.74, 6) is -0.868. The van der Waals surface area contributed by atoms with Gasteiger partial charge in [0.15, 0.2) is 6.10 Å². The second-order valence-corrected chi connectivity index (χ2v) is 19.9. The van der Waals surface area contributed by atoms with Crippen LogP contribution >= 0.6 is 0 Å². The molecule has 0 saturated carbocycles. The van der Waals surface area contributed by atoms with E-state index in [0.717, 1.165) is 57.8 Å². The predicted octanol–water partition coefficient (Wildman–Crippen LogP) is 19.7. The Balaban J connectivity index is 4.34. The zero-order valence-corrected chi connectivity index (χ0v) is 44.9. The van der Waals surface area contributed by atoms with Gasteiger partial charge in [-0.25, -0.2) is 0 Å². The van der Waals surface area contributed by atoms with Crippen LogP contribution in [0.2, 0.25) is 0 Å². The van der Waals surface area contributed by atoms with Crippen molar-refractivity contribution in [1.82, 2.24) is 0 Å². The van der Waals surface area contributed by atoms with E-state index in [4.69, 9.17) is 14.2 Å². The molecule has 1 atom stereocenters. The molecule has 0 unspecified atom stereocenters. The minimum Gasteiger partial charge on any atom is -0.462 e. The number of rotatable bonds is 54.